The summed E-state index contributed by atoms with van der Waals surface area (Å²) in [5.41, 5.74) is 7.80. The Labute approximate surface area is 216 Å². The number of nitrogens with zero attached hydrogens (tertiary/aromatic N) is 5. The molecule has 36 heavy (non-hydrogen) atoms. The van der Waals surface area contributed by atoms with Crippen molar-refractivity contribution in [1.82, 2.24) is 19.5 Å². The quantitative estimate of drug-likeness (QED) is 0.472. The lowest BCUT2D eigenvalue weighted by molar-refractivity contribution is 0.0719. The lowest BCUT2D eigenvalue weighted by Crippen LogP contribution is -2.32. The van der Waals surface area contributed by atoms with Gasteiger partial charge in [-0.1, -0.05) is 13.0 Å². The molecule has 2 aromatic heterocycles. The van der Waals surface area contributed by atoms with Crippen LogP contribution in [-0.4, -0.2) is 66.3 Å². The number of aryl methyl sites for hydroxylation is 1. The lowest BCUT2D eigenvalue weighted by Gasteiger charge is -2.27. The van der Waals surface area contributed by atoms with Gasteiger partial charge in [-0.15, -0.1) is 12.4 Å². The zero-order chi connectivity index (χ0) is 25.5. The molecule has 3 N–H and O–H groups in total. The van der Waals surface area contributed by atoms with Gasteiger partial charge in [-0.2, -0.15) is 5.10 Å². The van der Waals surface area contributed by atoms with Crippen LogP contribution in [0.2, 0.25) is 0 Å². The van der Waals surface area contributed by atoms with Gasteiger partial charge in [0, 0.05) is 44.0 Å². The summed E-state index contributed by atoms with van der Waals surface area (Å²) in [4.78, 5) is 21.7. The minimum Gasteiger partial charge on any atom is -0.355 e. The van der Waals surface area contributed by atoms with Crippen molar-refractivity contribution in [3.8, 4) is 0 Å². The Balaban J connectivity index is 0.00000361. The summed E-state index contributed by atoms with van der Waals surface area (Å²) in [6, 6.07) is 5.27. The molecular formula is C23H31ClFN7O3S. The monoisotopic (exact) mass is 539 g/mol. The van der Waals surface area contributed by atoms with Gasteiger partial charge in [0.15, 0.2) is 5.65 Å². The van der Waals surface area contributed by atoms with Crippen LogP contribution in [0.4, 0.5) is 15.9 Å². The van der Waals surface area contributed by atoms with Gasteiger partial charge in [0.2, 0.25) is 10.0 Å². The largest absolute Gasteiger partial charge is 0.355 e. The van der Waals surface area contributed by atoms with Crippen molar-refractivity contribution in [3.63, 3.8) is 0 Å². The van der Waals surface area contributed by atoms with E-state index in [0.29, 0.717) is 17.8 Å². The molecule has 1 aromatic carbocycles. The van der Waals surface area contributed by atoms with E-state index in [0.717, 1.165) is 43.2 Å². The molecule has 0 spiro atoms. The van der Waals surface area contributed by atoms with Gasteiger partial charge in [-0.25, -0.2) is 22.3 Å². The van der Waals surface area contributed by atoms with Crippen LogP contribution in [0.5, 0.6) is 0 Å². The standard InChI is InChI=1S/C23H30FN7O3S.ClH/c1-5-19(29(3)23(32)21-16(24)7-6-8-17(21)28-35(4,33)34)18-11-20-26-22(14(2)12-31(20)27-18)30-10-9-15(25)13-30;/h6-8,11-12,15,19,28H,5,9-10,13,25H2,1-4H3;1H/t15-,19-;/m0./s1. The highest BCUT2D eigenvalue weighted by Gasteiger charge is 2.29. The van der Waals surface area contributed by atoms with E-state index in [2.05, 4.69) is 14.7 Å². The van der Waals surface area contributed by atoms with Crippen molar-refractivity contribution in [2.45, 2.75) is 38.8 Å². The van der Waals surface area contributed by atoms with Crippen LogP contribution in [0.15, 0.2) is 30.5 Å². The van der Waals surface area contributed by atoms with Crippen LogP contribution < -0.4 is 15.4 Å². The summed E-state index contributed by atoms with van der Waals surface area (Å²) in [5, 5.41) is 4.64. The first-order valence-electron chi connectivity index (χ1n) is 11.4. The highest BCUT2D eigenvalue weighted by molar-refractivity contribution is 7.92. The Morgan fingerprint density at radius 3 is 2.72 bits per heavy atom. The fourth-order valence-corrected chi connectivity index (χ4v) is 5.08. The van der Waals surface area contributed by atoms with Crippen molar-refractivity contribution in [1.29, 1.82) is 0 Å². The Hall–Kier alpha value is -2.96. The van der Waals surface area contributed by atoms with Crippen LogP contribution >= 0.6 is 12.4 Å². The minimum absolute atomic E-state index is 0. The van der Waals surface area contributed by atoms with Gasteiger partial charge in [0.1, 0.15) is 11.6 Å². The van der Waals surface area contributed by atoms with Crippen molar-refractivity contribution in [2.75, 3.05) is 36.0 Å². The molecule has 0 aliphatic carbocycles. The van der Waals surface area contributed by atoms with Gasteiger partial charge >= 0.3 is 0 Å². The first kappa shape index (κ1) is 27.6. The maximum Gasteiger partial charge on any atom is 0.259 e. The SMILES string of the molecule is CC[C@@H](c1cc2nc(N3CC[C@H](N)C3)c(C)cn2n1)N(C)C(=O)c1c(F)cccc1NS(C)(=O)=O.Cl. The van der Waals surface area contributed by atoms with E-state index in [1.165, 1.54) is 17.0 Å². The molecule has 1 aliphatic heterocycles. The minimum atomic E-state index is -3.71. The van der Waals surface area contributed by atoms with E-state index < -0.39 is 27.8 Å². The van der Waals surface area contributed by atoms with E-state index in [-0.39, 0.29) is 29.7 Å². The van der Waals surface area contributed by atoms with Gasteiger partial charge < -0.3 is 15.5 Å². The van der Waals surface area contributed by atoms with Crippen LogP contribution in [0.1, 0.15) is 47.4 Å². The first-order valence-corrected chi connectivity index (χ1v) is 13.3. The third kappa shape index (κ3) is 5.55. The maximum atomic E-state index is 14.7. The topological polar surface area (TPSA) is 126 Å². The number of hydrogen-bond donors (Lipinski definition) is 2. The molecule has 1 saturated heterocycles. The number of hydrogen-bond acceptors (Lipinski definition) is 7. The number of carbonyl (C=O) groups is 1. The highest BCUT2D eigenvalue weighted by Crippen LogP contribution is 2.29. The fourth-order valence-electron chi connectivity index (χ4n) is 4.51. The second kappa shape index (κ2) is 10.6. The number of amides is 1. The van der Waals surface area contributed by atoms with Crippen molar-refractivity contribution < 1.29 is 17.6 Å². The predicted molar refractivity (Wildman–Crippen MR) is 140 cm³/mol. The smallest absolute Gasteiger partial charge is 0.259 e. The summed E-state index contributed by atoms with van der Waals surface area (Å²) >= 11 is 0. The molecule has 3 aromatic rings. The molecule has 0 unspecified atom stereocenters. The number of carbonyl (C=O) groups excluding carboxylic acids is 1. The molecule has 2 atom stereocenters. The molecule has 13 heteroatoms. The third-order valence-corrected chi connectivity index (χ3v) is 6.78. The predicted octanol–water partition coefficient (Wildman–Crippen LogP) is 2.73. The molecule has 1 amide bonds. The number of sulfonamides is 1. The third-order valence-electron chi connectivity index (χ3n) is 6.19. The molecule has 0 bridgehead atoms. The number of halogens is 2. The Bertz CT molecular complexity index is 1380. The number of nitrogens with two attached hydrogens (primary N) is 1. The van der Waals surface area contributed by atoms with Crippen molar-refractivity contribution >= 4 is 45.5 Å². The molecule has 3 heterocycles. The number of aromatic nitrogens is 3. The number of fused-ring (bicyclic) bond motifs is 1. The number of anilines is 2. The number of rotatable bonds is 7. The van der Waals surface area contributed by atoms with Crippen molar-refractivity contribution in [2.24, 2.45) is 5.73 Å². The Kier molecular flexibility index (Phi) is 8.11. The molecule has 0 saturated carbocycles. The lowest BCUT2D eigenvalue weighted by atomic mass is 10.1. The second-order valence-corrected chi connectivity index (χ2v) is 10.7. The summed E-state index contributed by atoms with van der Waals surface area (Å²) < 4.78 is 42.1. The van der Waals surface area contributed by atoms with E-state index in [9.17, 15) is 17.6 Å². The average molecular weight is 540 g/mol. The van der Waals surface area contributed by atoms with Gasteiger partial charge in [0.25, 0.3) is 5.91 Å². The summed E-state index contributed by atoms with van der Waals surface area (Å²) in [7, 11) is -2.16. The van der Waals surface area contributed by atoms with E-state index >= 15 is 0 Å². The Morgan fingerprint density at radius 2 is 2.11 bits per heavy atom. The van der Waals surface area contributed by atoms with Gasteiger partial charge in [-0.3, -0.25) is 9.52 Å². The van der Waals surface area contributed by atoms with E-state index in [4.69, 9.17) is 10.7 Å². The normalized spacial score (nSPS) is 16.6. The van der Waals surface area contributed by atoms with Gasteiger partial charge in [0.05, 0.1) is 29.2 Å². The van der Waals surface area contributed by atoms with Crippen LogP contribution in [0.25, 0.3) is 5.65 Å². The number of nitrogens with one attached hydrogen (secondary N) is 1. The Morgan fingerprint density at radius 1 is 1.39 bits per heavy atom. The second-order valence-electron chi connectivity index (χ2n) is 8.99. The van der Waals surface area contributed by atoms with Crippen LogP contribution in [0, 0.1) is 12.7 Å². The van der Waals surface area contributed by atoms with Gasteiger partial charge in [-0.05, 0) is 31.9 Å². The molecular weight excluding hydrogens is 509 g/mol. The van der Waals surface area contributed by atoms with E-state index in [1.54, 1.807) is 11.6 Å². The first-order chi connectivity index (χ1) is 16.5. The zero-order valence-corrected chi connectivity index (χ0v) is 22.2. The highest BCUT2D eigenvalue weighted by atomic mass is 35.5. The van der Waals surface area contributed by atoms with Crippen molar-refractivity contribution in [3.05, 3.63) is 53.1 Å². The molecule has 1 aliphatic rings. The van der Waals surface area contributed by atoms with Crippen LogP contribution in [-0.2, 0) is 10.0 Å². The summed E-state index contributed by atoms with van der Waals surface area (Å²) in [5.74, 6) is -0.614. The molecule has 10 nitrogen and oxygen atoms in total. The molecule has 0 radical (unpaired) electrons. The van der Waals surface area contributed by atoms with Crippen LogP contribution in [0.3, 0.4) is 0 Å². The summed E-state index contributed by atoms with van der Waals surface area (Å²) in [6.45, 7) is 5.44. The van der Waals surface area contributed by atoms with E-state index in [1.807, 2.05) is 26.1 Å². The summed E-state index contributed by atoms with van der Waals surface area (Å²) in [6.07, 6.45) is 4.25. The average Bonchev–Trinajstić information content (AvgIpc) is 3.37. The fraction of sp³-hybridized carbons (Fsp3) is 0.435. The number of benzene rings is 1. The maximum absolute atomic E-state index is 14.7. The molecule has 1 fully saturated rings. The molecule has 196 valence electrons. The zero-order valence-electron chi connectivity index (χ0n) is 20.6. The molecule has 4 rings (SSSR count).